The van der Waals surface area contributed by atoms with Crippen LogP contribution in [0.4, 0.5) is 0 Å². The number of ether oxygens (including phenoxy) is 4. The molecule has 0 aromatic rings. The minimum Gasteiger partial charge on any atom is -0.456 e. The summed E-state index contributed by atoms with van der Waals surface area (Å²) >= 11 is 0. The molecule has 188 valence electrons. The van der Waals surface area contributed by atoms with E-state index in [9.17, 15) is 40.5 Å². The van der Waals surface area contributed by atoms with E-state index in [0.29, 0.717) is 6.42 Å². The molecule has 0 bridgehead atoms. The molecule has 7 N–H and O–H groups in total. The topological polar surface area (TPSA) is 196 Å². The highest BCUT2D eigenvalue weighted by molar-refractivity contribution is 5.69. The van der Waals surface area contributed by atoms with Crippen molar-refractivity contribution in [3.05, 3.63) is 0 Å². The van der Waals surface area contributed by atoms with E-state index in [1.54, 1.807) is 0 Å². The van der Waals surface area contributed by atoms with Crippen LogP contribution in [0, 0.1) is 0 Å². The predicted octanol–water partition coefficient (Wildman–Crippen LogP) is -2.48. The highest BCUT2D eigenvalue weighted by atomic mass is 16.8. The second kappa shape index (κ2) is 12.5. The Morgan fingerprint density at radius 3 is 2.12 bits per heavy atom. The zero-order valence-electron chi connectivity index (χ0n) is 18.2. The van der Waals surface area contributed by atoms with Gasteiger partial charge in [-0.1, -0.05) is 32.6 Å². The van der Waals surface area contributed by atoms with Crippen LogP contribution in [0.1, 0.15) is 45.4 Å². The second-order valence-electron chi connectivity index (χ2n) is 8.19. The number of aliphatic hydroxyl groups excluding tert-OH is 7. The van der Waals surface area contributed by atoms with Gasteiger partial charge in [-0.25, -0.2) is 0 Å². The van der Waals surface area contributed by atoms with Gasteiger partial charge in [-0.05, 0) is 6.42 Å². The molecular weight excluding hydrogens is 432 g/mol. The van der Waals surface area contributed by atoms with Crippen LogP contribution in [0.2, 0.25) is 0 Å². The monoisotopic (exact) mass is 468 g/mol. The average Bonchev–Trinajstić information content (AvgIpc) is 3.03. The summed E-state index contributed by atoms with van der Waals surface area (Å²) in [6.07, 6.45) is -8.06. The molecule has 0 radical (unpaired) electrons. The molecule has 2 heterocycles. The van der Waals surface area contributed by atoms with Gasteiger partial charge >= 0.3 is 5.97 Å². The fourth-order valence-corrected chi connectivity index (χ4v) is 3.84. The van der Waals surface area contributed by atoms with Crippen molar-refractivity contribution >= 4 is 5.97 Å². The van der Waals surface area contributed by atoms with Gasteiger partial charge in [-0.3, -0.25) is 4.79 Å². The lowest BCUT2D eigenvalue weighted by atomic mass is 9.98. The van der Waals surface area contributed by atoms with Gasteiger partial charge in [0.1, 0.15) is 43.2 Å². The lowest BCUT2D eigenvalue weighted by Crippen LogP contribution is -2.63. The largest absolute Gasteiger partial charge is 0.456 e. The lowest BCUT2D eigenvalue weighted by molar-refractivity contribution is -0.383. The summed E-state index contributed by atoms with van der Waals surface area (Å²) in [4.78, 5) is 12.2. The van der Waals surface area contributed by atoms with E-state index in [4.69, 9.17) is 18.9 Å². The molecule has 2 aliphatic heterocycles. The first-order valence-electron chi connectivity index (χ1n) is 11.0. The zero-order valence-corrected chi connectivity index (χ0v) is 18.2. The first kappa shape index (κ1) is 27.3. The molecule has 9 atom stereocenters. The SMILES string of the molecule is CCCCCCCC(=O)O[C@H]1[C@H](O)[C@@H](O[C@@]2(CO)O[C@@H](CO)[C@H](O)[C@H]2O)O[C@@H](CO)[C@@H]1O. The molecule has 2 fully saturated rings. The first-order valence-corrected chi connectivity index (χ1v) is 11.0. The van der Waals surface area contributed by atoms with Crippen molar-refractivity contribution in [1.29, 1.82) is 0 Å². The number of esters is 1. The quantitative estimate of drug-likeness (QED) is 0.118. The Labute approximate surface area is 186 Å². The van der Waals surface area contributed by atoms with Crippen LogP contribution < -0.4 is 0 Å². The molecule has 0 amide bonds. The van der Waals surface area contributed by atoms with Crippen LogP contribution in [0.15, 0.2) is 0 Å². The van der Waals surface area contributed by atoms with E-state index in [-0.39, 0.29) is 6.42 Å². The van der Waals surface area contributed by atoms with Crippen LogP contribution in [-0.4, -0.2) is 116 Å². The number of aliphatic hydroxyl groups is 7. The van der Waals surface area contributed by atoms with Crippen LogP contribution in [-0.2, 0) is 23.7 Å². The molecule has 12 nitrogen and oxygen atoms in total. The van der Waals surface area contributed by atoms with Crippen LogP contribution in [0.25, 0.3) is 0 Å². The maximum atomic E-state index is 12.2. The van der Waals surface area contributed by atoms with E-state index in [1.165, 1.54) is 0 Å². The van der Waals surface area contributed by atoms with Gasteiger partial charge in [-0.15, -0.1) is 0 Å². The molecule has 2 saturated heterocycles. The van der Waals surface area contributed by atoms with E-state index in [1.807, 2.05) is 0 Å². The van der Waals surface area contributed by atoms with Gasteiger partial charge in [-0.2, -0.15) is 0 Å². The van der Waals surface area contributed by atoms with Crippen molar-refractivity contribution < 1.29 is 59.5 Å². The van der Waals surface area contributed by atoms with Crippen molar-refractivity contribution in [2.75, 3.05) is 19.8 Å². The number of carbonyl (C=O) groups is 1. The van der Waals surface area contributed by atoms with Crippen LogP contribution >= 0.6 is 0 Å². The summed E-state index contributed by atoms with van der Waals surface area (Å²) in [7, 11) is 0. The Balaban J connectivity index is 2.07. The Morgan fingerprint density at radius 1 is 0.906 bits per heavy atom. The van der Waals surface area contributed by atoms with Crippen molar-refractivity contribution in [3.63, 3.8) is 0 Å². The van der Waals surface area contributed by atoms with Crippen molar-refractivity contribution in [2.24, 2.45) is 0 Å². The molecular formula is C20H36O12. The second-order valence-corrected chi connectivity index (χ2v) is 8.19. The molecule has 2 aliphatic rings. The normalized spacial score (nSPS) is 39.9. The van der Waals surface area contributed by atoms with E-state index in [0.717, 1.165) is 25.7 Å². The van der Waals surface area contributed by atoms with Gasteiger partial charge in [0.25, 0.3) is 0 Å². The molecule has 0 spiro atoms. The Hall–Kier alpha value is -0.930. The standard InChI is InChI=1S/C20H36O12/c1-2-3-4-5-6-7-13(24)30-17-14(25)11(8-21)29-19(16(17)27)32-20(10-23)18(28)15(26)12(9-22)31-20/h11-12,14-19,21-23,25-28H,2-10H2,1H3/t11-,12-,14-,15-,16-,17+,18+,19+,20+/m0/s1. The minimum absolute atomic E-state index is 0.0720. The number of hydrogen-bond acceptors (Lipinski definition) is 12. The van der Waals surface area contributed by atoms with Gasteiger partial charge in [0.2, 0.25) is 5.79 Å². The molecule has 2 rings (SSSR count). The predicted molar refractivity (Wildman–Crippen MR) is 106 cm³/mol. The van der Waals surface area contributed by atoms with Crippen LogP contribution in [0.5, 0.6) is 0 Å². The van der Waals surface area contributed by atoms with E-state index >= 15 is 0 Å². The third kappa shape index (κ3) is 6.14. The van der Waals surface area contributed by atoms with E-state index < -0.39 is 80.6 Å². The molecule has 0 unspecified atom stereocenters. The summed E-state index contributed by atoms with van der Waals surface area (Å²) in [5.41, 5.74) is 0. The third-order valence-electron chi connectivity index (χ3n) is 5.80. The van der Waals surface area contributed by atoms with E-state index in [2.05, 4.69) is 6.92 Å². The molecule has 32 heavy (non-hydrogen) atoms. The fraction of sp³-hybridized carbons (Fsp3) is 0.950. The number of unbranched alkanes of at least 4 members (excludes halogenated alkanes) is 4. The van der Waals surface area contributed by atoms with Gasteiger partial charge < -0.3 is 54.7 Å². The summed E-state index contributed by atoms with van der Waals surface area (Å²) in [6, 6.07) is 0. The van der Waals surface area contributed by atoms with Gasteiger partial charge in [0.05, 0.1) is 13.2 Å². The average molecular weight is 468 g/mol. The van der Waals surface area contributed by atoms with Gasteiger partial charge in [0, 0.05) is 6.42 Å². The smallest absolute Gasteiger partial charge is 0.306 e. The van der Waals surface area contributed by atoms with Crippen molar-refractivity contribution in [2.45, 2.75) is 100 Å². The summed E-state index contributed by atoms with van der Waals surface area (Å²) < 4.78 is 21.3. The third-order valence-corrected chi connectivity index (χ3v) is 5.80. The van der Waals surface area contributed by atoms with Gasteiger partial charge in [0.15, 0.2) is 12.4 Å². The summed E-state index contributed by atoms with van der Waals surface area (Å²) in [5, 5.41) is 69.9. The Morgan fingerprint density at radius 2 is 1.56 bits per heavy atom. The maximum absolute atomic E-state index is 12.2. The Bertz CT molecular complexity index is 577. The molecule has 0 aromatic heterocycles. The summed E-state index contributed by atoms with van der Waals surface area (Å²) in [6.45, 7) is -0.313. The molecule has 0 aromatic carbocycles. The maximum Gasteiger partial charge on any atom is 0.306 e. The number of hydrogen-bond donors (Lipinski definition) is 7. The summed E-state index contributed by atoms with van der Waals surface area (Å²) in [5.74, 6) is -2.93. The Kier molecular flexibility index (Phi) is 10.7. The molecule has 12 heteroatoms. The van der Waals surface area contributed by atoms with Crippen molar-refractivity contribution in [1.82, 2.24) is 0 Å². The lowest BCUT2D eigenvalue weighted by Gasteiger charge is -2.44. The highest BCUT2D eigenvalue weighted by Gasteiger charge is 2.58. The number of carbonyl (C=O) groups excluding carboxylic acids is 1. The number of rotatable bonds is 12. The zero-order chi connectivity index (χ0) is 23.9. The first-order chi connectivity index (χ1) is 15.2. The van der Waals surface area contributed by atoms with Crippen LogP contribution in [0.3, 0.4) is 0 Å². The highest BCUT2D eigenvalue weighted by Crippen LogP contribution is 2.36. The fourth-order valence-electron chi connectivity index (χ4n) is 3.84. The molecule has 0 saturated carbocycles. The van der Waals surface area contributed by atoms with Crippen molar-refractivity contribution in [3.8, 4) is 0 Å². The minimum atomic E-state index is -2.27. The molecule has 0 aliphatic carbocycles.